The smallest absolute Gasteiger partial charge is 0.228 e. The third-order valence-electron chi connectivity index (χ3n) is 3.83. The lowest BCUT2D eigenvalue weighted by Gasteiger charge is -2.40. The van der Waals surface area contributed by atoms with Gasteiger partial charge in [0.05, 0.1) is 12.5 Å². The second-order valence-electron chi connectivity index (χ2n) is 4.93. The van der Waals surface area contributed by atoms with Gasteiger partial charge in [0.1, 0.15) is 0 Å². The number of nitrogens with one attached hydrogen (secondary N) is 1. The van der Waals surface area contributed by atoms with Gasteiger partial charge in [-0.15, -0.1) is 0 Å². The van der Waals surface area contributed by atoms with E-state index < -0.39 is 0 Å². The van der Waals surface area contributed by atoms with Crippen molar-refractivity contribution in [1.29, 1.82) is 0 Å². The van der Waals surface area contributed by atoms with Crippen molar-refractivity contribution in [3.63, 3.8) is 0 Å². The first-order chi connectivity index (χ1) is 7.70. The van der Waals surface area contributed by atoms with Gasteiger partial charge in [0, 0.05) is 31.8 Å². The Morgan fingerprint density at radius 2 is 2.25 bits per heavy atom. The fourth-order valence-corrected chi connectivity index (χ4v) is 2.54. The second kappa shape index (κ2) is 5.15. The van der Waals surface area contributed by atoms with E-state index in [1.807, 2.05) is 4.90 Å². The molecule has 2 aliphatic rings. The maximum absolute atomic E-state index is 12.3. The van der Waals surface area contributed by atoms with Crippen molar-refractivity contribution in [1.82, 2.24) is 10.2 Å². The fourth-order valence-electron chi connectivity index (χ4n) is 2.54. The van der Waals surface area contributed by atoms with E-state index in [2.05, 4.69) is 19.2 Å². The van der Waals surface area contributed by atoms with Gasteiger partial charge in [-0.1, -0.05) is 0 Å². The molecular formula is C12H22N2O2. The first-order valence-electron chi connectivity index (χ1n) is 6.31. The van der Waals surface area contributed by atoms with Crippen LogP contribution in [-0.4, -0.2) is 49.2 Å². The van der Waals surface area contributed by atoms with Gasteiger partial charge in [-0.25, -0.2) is 0 Å². The molecule has 2 aliphatic heterocycles. The number of piperazine rings is 1. The summed E-state index contributed by atoms with van der Waals surface area (Å²) in [6.07, 6.45) is 2.01. The normalized spacial score (nSPS) is 36.1. The Bertz CT molecular complexity index is 251. The SMILES string of the molecule is CC1NCCN(C(=O)C2CCCOC2)C1C. The average molecular weight is 226 g/mol. The van der Waals surface area contributed by atoms with E-state index in [-0.39, 0.29) is 5.92 Å². The number of ether oxygens (including phenoxy) is 1. The van der Waals surface area contributed by atoms with Crippen molar-refractivity contribution in [2.75, 3.05) is 26.3 Å². The summed E-state index contributed by atoms with van der Waals surface area (Å²) < 4.78 is 5.39. The predicted molar refractivity (Wildman–Crippen MR) is 62.2 cm³/mol. The molecule has 0 aromatic heterocycles. The lowest BCUT2D eigenvalue weighted by atomic mass is 9.98. The molecular weight excluding hydrogens is 204 g/mol. The first-order valence-corrected chi connectivity index (χ1v) is 6.31. The predicted octanol–water partition coefficient (Wildman–Crippen LogP) is 0.622. The van der Waals surface area contributed by atoms with Gasteiger partial charge in [0.15, 0.2) is 0 Å². The van der Waals surface area contributed by atoms with E-state index in [4.69, 9.17) is 4.74 Å². The third kappa shape index (κ3) is 2.38. The summed E-state index contributed by atoms with van der Waals surface area (Å²) in [5.74, 6) is 0.391. The number of amides is 1. The van der Waals surface area contributed by atoms with Crippen LogP contribution in [0.4, 0.5) is 0 Å². The van der Waals surface area contributed by atoms with Crippen LogP contribution in [0.2, 0.25) is 0 Å². The van der Waals surface area contributed by atoms with Gasteiger partial charge >= 0.3 is 0 Å². The number of carbonyl (C=O) groups is 1. The number of hydrogen-bond donors (Lipinski definition) is 1. The lowest BCUT2D eigenvalue weighted by Crippen LogP contribution is -2.58. The maximum atomic E-state index is 12.3. The fraction of sp³-hybridized carbons (Fsp3) is 0.917. The number of hydrogen-bond acceptors (Lipinski definition) is 3. The second-order valence-corrected chi connectivity index (χ2v) is 4.93. The standard InChI is InChI=1S/C12H22N2O2/c1-9-10(2)14(6-5-13-9)12(15)11-4-3-7-16-8-11/h9-11,13H,3-8H2,1-2H3. The Morgan fingerprint density at radius 1 is 1.44 bits per heavy atom. The van der Waals surface area contributed by atoms with Crippen LogP contribution in [0.3, 0.4) is 0 Å². The molecule has 0 aromatic carbocycles. The summed E-state index contributed by atoms with van der Waals surface area (Å²) in [5.41, 5.74) is 0. The molecule has 3 unspecified atom stereocenters. The highest BCUT2D eigenvalue weighted by Crippen LogP contribution is 2.19. The van der Waals surface area contributed by atoms with Gasteiger partial charge in [-0.2, -0.15) is 0 Å². The van der Waals surface area contributed by atoms with Crippen molar-refractivity contribution in [2.45, 2.75) is 38.8 Å². The van der Waals surface area contributed by atoms with Crippen LogP contribution in [0.25, 0.3) is 0 Å². The molecule has 4 heteroatoms. The summed E-state index contributed by atoms with van der Waals surface area (Å²) in [7, 11) is 0. The van der Waals surface area contributed by atoms with Crippen LogP contribution in [-0.2, 0) is 9.53 Å². The Hall–Kier alpha value is -0.610. The summed E-state index contributed by atoms with van der Waals surface area (Å²) in [4.78, 5) is 14.4. The maximum Gasteiger partial charge on any atom is 0.228 e. The van der Waals surface area contributed by atoms with Gasteiger partial charge in [0.25, 0.3) is 0 Å². The summed E-state index contributed by atoms with van der Waals surface area (Å²) in [6, 6.07) is 0.686. The van der Waals surface area contributed by atoms with Crippen LogP contribution in [0.15, 0.2) is 0 Å². The molecule has 0 aromatic rings. The van der Waals surface area contributed by atoms with Gasteiger partial charge in [-0.05, 0) is 26.7 Å². The minimum absolute atomic E-state index is 0.0986. The van der Waals surface area contributed by atoms with Crippen LogP contribution in [0.1, 0.15) is 26.7 Å². The van der Waals surface area contributed by atoms with Crippen LogP contribution in [0.5, 0.6) is 0 Å². The zero-order valence-corrected chi connectivity index (χ0v) is 10.2. The zero-order chi connectivity index (χ0) is 11.5. The Morgan fingerprint density at radius 3 is 2.94 bits per heavy atom. The molecule has 2 rings (SSSR count). The zero-order valence-electron chi connectivity index (χ0n) is 10.2. The molecule has 92 valence electrons. The number of nitrogens with zero attached hydrogens (tertiary/aromatic N) is 1. The number of carbonyl (C=O) groups excluding carboxylic acids is 1. The Kier molecular flexibility index (Phi) is 3.82. The molecule has 4 nitrogen and oxygen atoms in total. The Balaban J connectivity index is 1.96. The van der Waals surface area contributed by atoms with E-state index in [1.54, 1.807) is 0 Å². The van der Waals surface area contributed by atoms with Crippen molar-refractivity contribution < 1.29 is 9.53 Å². The van der Waals surface area contributed by atoms with Gasteiger partial charge in [0.2, 0.25) is 5.91 Å². The molecule has 2 heterocycles. The lowest BCUT2D eigenvalue weighted by molar-refractivity contribution is -0.143. The monoisotopic (exact) mass is 226 g/mol. The topological polar surface area (TPSA) is 41.6 Å². The molecule has 0 radical (unpaired) electrons. The Labute approximate surface area is 97.3 Å². The van der Waals surface area contributed by atoms with Crippen molar-refractivity contribution >= 4 is 5.91 Å². The number of rotatable bonds is 1. The van der Waals surface area contributed by atoms with E-state index in [9.17, 15) is 4.79 Å². The van der Waals surface area contributed by atoms with E-state index in [0.717, 1.165) is 32.5 Å². The average Bonchev–Trinajstić information content (AvgIpc) is 2.33. The minimum Gasteiger partial charge on any atom is -0.381 e. The van der Waals surface area contributed by atoms with Crippen LogP contribution >= 0.6 is 0 Å². The molecule has 3 atom stereocenters. The largest absolute Gasteiger partial charge is 0.381 e. The van der Waals surface area contributed by atoms with Crippen molar-refractivity contribution in [3.8, 4) is 0 Å². The molecule has 16 heavy (non-hydrogen) atoms. The molecule has 2 fully saturated rings. The van der Waals surface area contributed by atoms with Gasteiger partial charge < -0.3 is 15.0 Å². The molecule has 0 aliphatic carbocycles. The molecule has 0 bridgehead atoms. The first kappa shape index (κ1) is 11.9. The highest BCUT2D eigenvalue weighted by Gasteiger charge is 2.33. The molecule has 0 saturated carbocycles. The van der Waals surface area contributed by atoms with Gasteiger partial charge in [-0.3, -0.25) is 4.79 Å². The molecule has 0 spiro atoms. The van der Waals surface area contributed by atoms with E-state index in [1.165, 1.54) is 0 Å². The minimum atomic E-state index is 0.0986. The molecule has 1 N–H and O–H groups in total. The van der Waals surface area contributed by atoms with Crippen molar-refractivity contribution in [2.24, 2.45) is 5.92 Å². The summed E-state index contributed by atoms with van der Waals surface area (Å²) in [6.45, 7) is 7.44. The van der Waals surface area contributed by atoms with E-state index in [0.29, 0.717) is 24.6 Å². The molecule has 1 amide bonds. The summed E-state index contributed by atoms with van der Waals surface area (Å²) >= 11 is 0. The van der Waals surface area contributed by atoms with Crippen LogP contribution < -0.4 is 5.32 Å². The highest BCUT2D eigenvalue weighted by molar-refractivity contribution is 5.79. The van der Waals surface area contributed by atoms with Crippen LogP contribution in [0, 0.1) is 5.92 Å². The molecule has 2 saturated heterocycles. The quantitative estimate of drug-likeness (QED) is 0.713. The van der Waals surface area contributed by atoms with Crippen molar-refractivity contribution in [3.05, 3.63) is 0 Å². The highest BCUT2D eigenvalue weighted by atomic mass is 16.5. The summed E-state index contributed by atoms with van der Waals surface area (Å²) in [5, 5.41) is 3.39. The van der Waals surface area contributed by atoms with E-state index >= 15 is 0 Å². The third-order valence-corrected chi connectivity index (χ3v) is 3.83.